The van der Waals surface area contributed by atoms with Crippen LogP contribution in [0.2, 0.25) is 0 Å². The van der Waals surface area contributed by atoms with Gasteiger partial charge in [0.1, 0.15) is 25.9 Å². The number of aliphatic hydroxyl groups is 1. The van der Waals surface area contributed by atoms with Crippen LogP contribution in [-0.4, -0.2) is 69.2 Å². The lowest BCUT2D eigenvalue weighted by Crippen LogP contribution is -2.37. The van der Waals surface area contributed by atoms with Gasteiger partial charge in [-0.1, -0.05) is 51.2 Å². The van der Waals surface area contributed by atoms with Crippen LogP contribution in [0.1, 0.15) is 77.6 Å². The van der Waals surface area contributed by atoms with E-state index in [1.165, 1.54) is 32.1 Å². The first kappa shape index (κ1) is 31.2. The van der Waals surface area contributed by atoms with Crippen molar-refractivity contribution >= 4 is 13.8 Å². The molecule has 9 heteroatoms. The van der Waals surface area contributed by atoms with Gasteiger partial charge in [0.15, 0.2) is 0 Å². The van der Waals surface area contributed by atoms with E-state index in [1.54, 1.807) is 0 Å². The average molecular weight is 480 g/mol. The number of ether oxygens (including phenoxy) is 1. The van der Waals surface area contributed by atoms with E-state index in [4.69, 9.17) is 9.26 Å². The van der Waals surface area contributed by atoms with Crippen molar-refractivity contribution in [3.8, 4) is 0 Å². The van der Waals surface area contributed by atoms with Crippen LogP contribution < -0.4 is 4.89 Å². The van der Waals surface area contributed by atoms with Gasteiger partial charge in [-0.3, -0.25) is 9.36 Å². The molecule has 0 aromatic carbocycles. The van der Waals surface area contributed by atoms with E-state index in [1.807, 2.05) is 21.1 Å². The normalized spacial score (nSPS) is 15.1. The van der Waals surface area contributed by atoms with Crippen molar-refractivity contribution in [3.05, 3.63) is 12.2 Å². The third kappa shape index (κ3) is 22.4. The molecule has 0 aliphatic rings. The third-order valence-electron chi connectivity index (χ3n) is 4.77. The van der Waals surface area contributed by atoms with E-state index in [0.717, 1.165) is 32.1 Å². The molecule has 0 spiro atoms. The van der Waals surface area contributed by atoms with Crippen molar-refractivity contribution in [3.63, 3.8) is 0 Å². The Morgan fingerprint density at radius 3 is 2.19 bits per heavy atom. The molecule has 0 aliphatic heterocycles. The number of nitrogens with zero attached hydrogens (tertiary/aromatic N) is 1. The summed E-state index contributed by atoms with van der Waals surface area (Å²) in [6, 6.07) is 0. The van der Waals surface area contributed by atoms with Crippen molar-refractivity contribution in [1.29, 1.82) is 0 Å². The number of likely N-dealkylation sites (N-methyl/N-ethyl adjacent to an activating group) is 1. The first-order chi connectivity index (χ1) is 15.1. The number of carbonyl (C=O) groups is 1. The second-order valence-corrected chi connectivity index (χ2v) is 10.6. The maximum Gasteiger partial charge on any atom is 0.305 e. The number of aliphatic hydroxyl groups excluding tert-OH is 1. The van der Waals surface area contributed by atoms with Gasteiger partial charge in [-0.15, -0.1) is 0 Å². The number of hydrogen-bond donors (Lipinski definition) is 1. The van der Waals surface area contributed by atoms with Crippen molar-refractivity contribution in [1.82, 2.24) is 0 Å². The molecule has 0 saturated heterocycles. The van der Waals surface area contributed by atoms with Gasteiger partial charge in [0, 0.05) is 6.42 Å². The quantitative estimate of drug-likeness (QED) is 0.0873. The topological polar surface area (TPSA) is 105 Å². The summed E-state index contributed by atoms with van der Waals surface area (Å²) >= 11 is 0. The monoisotopic (exact) mass is 479 g/mol. The molecule has 2 atom stereocenters. The van der Waals surface area contributed by atoms with E-state index < -0.39 is 26.5 Å². The number of carbonyl (C=O) groups excluding carboxylic acids is 1. The number of phosphoric ester groups is 1. The van der Waals surface area contributed by atoms with Gasteiger partial charge in [0.2, 0.25) is 0 Å². The second kappa shape index (κ2) is 18.6. The van der Waals surface area contributed by atoms with Gasteiger partial charge >= 0.3 is 5.97 Å². The first-order valence-electron chi connectivity index (χ1n) is 11.9. The van der Waals surface area contributed by atoms with E-state index in [2.05, 4.69) is 23.6 Å². The minimum absolute atomic E-state index is 0.00882. The number of esters is 1. The number of rotatable bonds is 21. The van der Waals surface area contributed by atoms with Crippen LogP contribution in [0.3, 0.4) is 0 Å². The fourth-order valence-electron chi connectivity index (χ4n) is 2.76. The van der Waals surface area contributed by atoms with Crippen LogP contribution in [0.15, 0.2) is 12.2 Å². The molecule has 8 nitrogen and oxygen atoms in total. The minimum Gasteiger partial charge on any atom is -0.756 e. The molecule has 0 bridgehead atoms. The number of unbranched alkanes of at least 4 members (excludes halogenated alkanes) is 8. The molecule has 0 aromatic rings. The Hall–Kier alpha value is -0.760. The van der Waals surface area contributed by atoms with Crippen molar-refractivity contribution in [2.45, 2.75) is 83.7 Å². The highest BCUT2D eigenvalue weighted by atomic mass is 31.2. The Morgan fingerprint density at radius 1 is 0.969 bits per heavy atom. The third-order valence-corrected chi connectivity index (χ3v) is 5.73. The molecule has 0 amide bonds. The van der Waals surface area contributed by atoms with E-state index in [9.17, 15) is 19.4 Å². The van der Waals surface area contributed by atoms with Crippen LogP contribution in [-0.2, 0) is 23.1 Å². The fourth-order valence-corrected chi connectivity index (χ4v) is 3.49. The summed E-state index contributed by atoms with van der Waals surface area (Å²) in [5, 5.41) is 9.76. The van der Waals surface area contributed by atoms with Crippen LogP contribution in [0, 0.1) is 0 Å². The summed E-state index contributed by atoms with van der Waals surface area (Å²) in [7, 11) is 1.24. The Labute approximate surface area is 195 Å². The zero-order valence-electron chi connectivity index (χ0n) is 20.6. The molecule has 0 fully saturated rings. The number of quaternary nitrogens is 1. The molecule has 0 heterocycles. The summed E-state index contributed by atoms with van der Waals surface area (Å²) < 4.78 is 26.6. The second-order valence-electron chi connectivity index (χ2n) is 9.20. The number of allylic oxidation sites excluding steroid dienone is 2. The van der Waals surface area contributed by atoms with Gasteiger partial charge in [0.05, 0.1) is 27.7 Å². The maximum absolute atomic E-state index is 11.7. The molecule has 0 radical (unpaired) electrons. The van der Waals surface area contributed by atoms with Gasteiger partial charge in [-0.05, 0) is 32.1 Å². The first-order valence-corrected chi connectivity index (χ1v) is 13.4. The Balaban J connectivity index is 3.66. The minimum atomic E-state index is -4.49. The predicted molar refractivity (Wildman–Crippen MR) is 125 cm³/mol. The lowest BCUT2D eigenvalue weighted by atomic mass is 10.1. The predicted octanol–water partition coefficient (Wildman–Crippen LogP) is 3.97. The summed E-state index contributed by atoms with van der Waals surface area (Å²) in [5.74, 6) is -0.399. The lowest BCUT2D eigenvalue weighted by Gasteiger charge is -2.27. The van der Waals surface area contributed by atoms with Crippen LogP contribution in [0.25, 0.3) is 0 Å². The highest BCUT2D eigenvalue weighted by Crippen LogP contribution is 2.38. The molecule has 0 aliphatic carbocycles. The highest BCUT2D eigenvalue weighted by molar-refractivity contribution is 7.45. The zero-order chi connectivity index (χ0) is 24.3. The molecule has 0 aromatic heterocycles. The number of hydrogen-bond acceptors (Lipinski definition) is 7. The molecule has 0 rings (SSSR count). The maximum atomic E-state index is 11.7. The van der Waals surface area contributed by atoms with Crippen molar-refractivity contribution in [2.24, 2.45) is 0 Å². The number of phosphoric acid groups is 1. The molecule has 1 unspecified atom stereocenters. The standard InChI is InChI=1S/C23H46NO7P/c1-5-6-7-8-9-10-11-12-13-14-15-16-17-23(26)29-20-22(25)21-31-32(27,28)30-19-18-24(2,3)4/h9-10,22,25H,5-8,11-21H2,1-4H3/b10-9+/t22-/m1/s1. The molecular weight excluding hydrogens is 433 g/mol. The Morgan fingerprint density at radius 2 is 1.56 bits per heavy atom. The zero-order valence-corrected chi connectivity index (χ0v) is 21.5. The van der Waals surface area contributed by atoms with Crippen LogP contribution in [0.4, 0.5) is 0 Å². The van der Waals surface area contributed by atoms with Gasteiger partial charge < -0.3 is 28.3 Å². The van der Waals surface area contributed by atoms with Crippen LogP contribution >= 0.6 is 7.82 Å². The average Bonchev–Trinajstić information content (AvgIpc) is 2.70. The fraction of sp³-hybridized carbons (Fsp3) is 0.870. The van der Waals surface area contributed by atoms with E-state index >= 15 is 0 Å². The summed E-state index contributed by atoms with van der Waals surface area (Å²) in [6.07, 6.45) is 14.9. The Bertz CT molecular complexity index is 549. The van der Waals surface area contributed by atoms with Crippen molar-refractivity contribution in [2.75, 3.05) is 47.5 Å². The SMILES string of the molecule is CCCCC/C=C/CCCCCCCC(=O)OC[C@@H](O)COP(=O)([O-])OCC[N+](C)(C)C. The van der Waals surface area contributed by atoms with Gasteiger partial charge in [-0.25, -0.2) is 0 Å². The summed E-state index contributed by atoms with van der Waals surface area (Å²) in [6.45, 7) is 1.88. The largest absolute Gasteiger partial charge is 0.756 e. The molecular formula is C23H46NO7P. The molecule has 0 saturated carbocycles. The highest BCUT2D eigenvalue weighted by Gasteiger charge is 2.16. The van der Waals surface area contributed by atoms with E-state index in [-0.39, 0.29) is 13.2 Å². The summed E-state index contributed by atoms with van der Waals surface area (Å²) in [4.78, 5) is 23.4. The van der Waals surface area contributed by atoms with Gasteiger partial charge in [0.25, 0.3) is 7.82 Å². The molecule has 1 N–H and O–H groups in total. The summed E-state index contributed by atoms with van der Waals surface area (Å²) in [5.41, 5.74) is 0. The smallest absolute Gasteiger partial charge is 0.305 e. The van der Waals surface area contributed by atoms with Crippen LogP contribution in [0.5, 0.6) is 0 Å². The molecule has 32 heavy (non-hydrogen) atoms. The lowest BCUT2D eigenvalue weighted by molar-refractivity contribution is -0.870. The molecule has 190 valence electrons. The van der Waals surface area contributed by atoms with E-state index in [0.29, 0.717) is 17.4 Å². The van der Waals surface area contributed by atoms with Gasteiger partial charge in [-0.2, -0.15) is 0 Å². The Kier molecular flexibility index (Phi) is 18.2. The van der Waals surface area contributed by atoms with Crippen molar-refractivity contribution < 1.29 is 37.6 Å².